The van der Waals surface area contributed by atoms with E-state index in [0.29, 0.717) is 31.0 Å². The van der Waals surface area contributed by atoms with Crippen LogP contribution in [0, 0.1) is 11.7 Å². The minimum absolute atomic E-state index is 0.0127. The summed E-state index contributed by atoms with van der Waals surface area (Å²) in [4.78, 5) is 23.5. The molecule has 1 atom stereocenters. The number of halogens is 2. The summed E-state index contributed by atoms with van der Waals surface area (Å²) in [5.41, 5.74) is 2.28. The molecule has 0 radical (unpaired) electrons. The number of nitrogens with one attached hydrogen (secondary N) is 1. The third-order valence-corrected chi connectivity index (χ3v) is 6.10. The summed E-state index contributed by atoms with van der Waals surface area (Å²) in [6.45, 7) is 0.484. The summed E-state index contributed by atoms with van der Waals surface area (Å²) >= 11 is 5.71. The minimum atomic E-state index is -0.739. The average molecular weight is 435 g/mol. The molecule has 4 rings (SSSR count). The Morgan fingerprint density at radius 3 is 2.90 bits per heavy atom. The van der Waals surface area contributed by atoms with Crippen LogP contribution in [0.15, 0.2) is 24.4 Å². The van der Waals surface area contributed by atoms with Crippen LogP contribution in [0.5, 0.6) is 0 Å². The van der Waals surface area contributed by atoms with Crippen LogP contribution in [0.1, 0.15) is 41.5 Å². The van der Waals surface area contributed by atoms with Crippen LogP contribution in [-0.4, -0.2) is 50.4 Å². The predicted molar refractivity (Wildman–Crippen MR) is 108 cm³/mol. The zero-order valence-electron chi connectivity index (χ0n) is 16.4. The molecule has 9 heteroatoms. The number of benzene rings is 1. The van der Waals surface area contributed by atoms with E-state index in [4.69, 9.17) is 11.6 Å². The smallest absolute Gasteiger partial charge is 0.318 e. The molecule has 3 N–H and O–H groups in total. The van der Waals surface area contributed by atoms with Crippen molar-refractivity contribution in [1.29, 1.82) is 0 Å². The molecule has 160 valence electrons. The van der Waals surface area contributed by atoms with Gasteiger partial charge in [0, 0.05) is 19.2 Å². The SMILES string of the molecule is O=C(N[C@H](CO)c1ccc(Cl)c(F)c1)N1CCc2cnc(CC3CC(O)C3)nc2C1. The van der Waals surface area contributed by atoms with Crippen molar-refractivity contribution in [3.63, 3.8) is 0 Å². The Bertz CT molecular complexity index is 938. The maximum Gasteiger partial charge on any atom is 0.318 e. The molecular weight excluding hydrogens is 411 g/mol. The van der Waals surface area contributed by atoms with E-state index in [1.54, 1.807) is 11.0 Å². The number of amides is 2. The number of fused-ring (bicyclic) bond motifs is 1. The van der Waals surface area contributed by atoms with Crippen molar-refractivity contribution in [1.82, 2.24) is 20.2 Å². The van der Waals surface area contributed by atoms with Gasteiger partial charge in [-0.1, -0.05) is 17.7 Å². The lowest BCUT2D eigenvalue weighted by Gasteiger charge is -2.32. The van der Waals surface area contributed by atoms with E-state index >= 15 is 0 Å². The van der Waals surface area contributed by atoms with Gasteiger partial charge in [-0.2, -0.15) is 0 Å². The first-order valence-corrected chi connectivity index (χ1v) is 10.4. The van der Waals surface area contributed by atoms with Crippen LogP contribution in [0.2, 0.25) is 5.02 Å². The van der Waals surface area contributed by atoms with Crippen molar-refractivity contribution < 1.29 is 19.4 Å². The zero-order valence-corrected chi connectivity index (χ0v) is 17.1. The first-order chi connectivity index (χ1) is 14.4. The van der Waals surface area contributed by atoms with E-state index in [9.17, 15) is 19.4 Å². The fraction of sp³-hybridized carbons (Fsp3) is 0.476. The third kappa shape index (κ3) is 4.55. The molecule has 30 heavy (non-hydrogen) atoms. The molecule has 0 spiro atoms. The Morgan fingerprint density at radius 2 is 2.20 bits per heavy atom. The van der Waals surface area contributed by atoms with Gasteiger partial charge in [-0.3, -0.25) is 0 Å². The molecule has 2 aliphatic rings. The van der Waals surface area contributed by atoms with Gasteiger partial charge < -0.3 is 20.4 Å². The molecule has 1 aromatic heterocycles. The van der Waals surface area contributed by atoms with Gasteiger partial charge >= 0.3 is 6.03 Å². The van der Waals surface area contributed by atoms with E-state index in [1.807, 2.05) is 6.20 Å². The van der Waals surface area contributed by atoms with E-state index in [-0.39, 0.29) is 23.8 Å². The highest BCUT2D eigenvalue weighted by Crippen LogP contribution is 2.30. The monoisotopic (exact) mass is 434 g/mol. The van der Waals surface area contributed by atoms with Gasteiger partial charge in [-0.25, -0.2) is 19.2 Å². The molecule has 0 saturated heterocycles. The van der Waals surface area contributed by atoms with Crippen molar-refractivity contribution in [3.05, 3.63) is 57.9 Å². The highest BCUT2D eigenvalue weighted by Gasteiger charge is 2.29. The molecule has 7 nitrogen and oxygen atoms in total. The maximum absolute atomic E-state index is 13.7. The van der Waals surface area contributed by atoms with Crippen LogP contribution in [0.4, 0.5) is 9.18 Å². The zero-order chi connectivity index (χ0) is 21.3. The van der Waals surface area contributed by atoms with Crippen LogP contribution in [-0.2, 0) is 19.4 Å². The van der Waals surface area contributed by atoms with Crippen LogP contribution in [0.3, 0.4) is 0 Å². The third-order valence-electron chi connectivity index (χ3n) is 5.79. The van der Waals surface area contributed by atoms with E-state index in [1.165, 1.54) is 12.1 Å². The van der Waals surface area contributed by atoms with Crippen molar-refractivity contribution in [2.75, 3.05) is 13.2 Å². The Balaban J connectivity index is 1.41. The van der Waals surface area contributed by atoms with E-state index < -0.39 is 11.9 Å². The number of hydrogen-bond donors (Lipinski definition) is 3. The Kier molecular flexibility index (Phi) is 6.17. The van der Waals surface area contributed by atoms with Gasteiger partial charge in [0.2, 0.25) is 0 Å². The summed E-state index contributed by atoms with van der Waals surface area (Å²) in [6, 6.07) is 3.10. The second-order valence-corrected chi connectivity index (χ2v) is 8.39. The first kappa shape index (κ1) is 21.0. The Morgan fingerprint density at radius 1 is 1.40 bits per heavy atom. The molecule has 0 unspecified atom stereocenters. The normalized spacial score (nSPS) is 21.5. The van der Waals surface area contributed by atoms with Gasteiger partial charge in [0.1, 0.15) is 11.6 Å². The second kappa shape index (κ2) is 8.83. The van der Waals surface area contributed by atoms with Crippen LogP contribution in [0.25, 0.3) is 0 Å². The molecule has 0 bridgehead atoms. The van der Waals surface area contributed by atoms with Crippen molar-refractivity contribution in [3.8, 4) is 0 Å². The largest absolute Gasteiger partial charge is 0.394 e. The number of aliphatic hydroxyl groups is 2. The number of aromatic nitrogens is 2. The number of urea groups is 1. The summed E-state index contributed by atoms with van der Waals surface area (Å²) in [5, 5.41) is 21.9. The molecule has 2 heterocycles. The lowest BCUT2D eigenvalue weighted by molar-refractivity contribution is 0.0423. The second-order valence-electron chi connectivity index (χ2n) is 7.98. The quantitative estimate of drug-likeness (QED) is 0.671. The molecule has 1 aliphatic heterocycles. The molecule has 2 aromatic rings. The first-order valence-electron chi connectivity index (χ1n) is 10.1. The summed E-state index contributed by atoms with van der Waals surface area (Å²) in [6.07, 6.45) is 4.55. The fourth-order valence-electron chi connectivity index (χ4n) is 3.95. The Labute approximate surface area is 178 Å². The number of rotatable bonds is 5. The molecule has 1 aliphatic carbocycles. The lowest BCUT2D eigenvalue weighted by Crippen LogP contribution is -2.45. The summed E-state index contributed by atoms with van der Waals surface area (Å²) < 4.78 is 13.7. The number of aliphatic hydroxyl groups excluding tert-OH is 2. The molecule has 1 fully saturated rings. The maximum atomic E-state index is 13.7. The van der Waals surface area contributed by atoms with Gasteiger partial charge in [0.05, 0.1) is 36.0 Å². The van der Waals surface area contributed by atoms with Crippen LogP contribution < -0.4 is 5.32 Å². The van der Waals surface area contributed by atoms with Gasteiger partial charge in [0.25, 0.3) is 0 Å². The van der Waals surface area contributed by atoms with Gasteiger partial charge in [-0.05, 0) is 48.4 Å². The van der Waals surface area contributed by atoms with E-state index in [0.717, 1.165) is 36.3 Å². The molecule has 1 saturated carbocycles. The number of carbonyl (C=O) groups excluding carboxylic acids is 1. The number of nitrogens with zero attached hydrogens (tertiary/aromatic N) is 3. The van der Waals surface area contributed by atoms with Crippen LogP contribution >= 0.6 is 11.6 Å². The fourth-order valence-corrected chi connectivity index (χ4v) is 4.06. The highest BCUT2D eigenvalue weighted by molar-refractivity contribution is 6.30. The Hall–Kier alpha value is -2.29. The van der Waals surface area contributed by atoms with Crippen molar-refractivity contribution in [2.45, 2.75) is 44.4 Å². The van der Waals surface area contributed by atoms with Crippen molar-refractivity contribution in [2.24, 2.45) is 5.92 Å². The topological polar surface area (TPSA) is 98.6 Å². The van der Waals surface area contributed by atoms with Crippen molar-refractivity contribution >= 4 is 17.6 Å². The standard InChI is InChI=1S/C21H24ClFN4O3/c22-16-2-1-13(8-17(16)23)19(11-28)26-21(30)27-4-3-14-9-24-20(25-18(14)10-27)7-12-5-15(29)6-12/h1-2,8-9,12,15,19,28-29H,3-7,10-11H2,(H,26,30)/t12?,15?,19-/m1/s1. The number of carbonyl (C=O) groups is 1. The van der Waals surface area contributed by atoms with Gasteiger partial charge in [0.15, 0.2) is 0 Å². The van der Waals surface area contributed by atoms with E-state index in [2.05, 4.69) is 15.3 Å². The predicted octanol–water partition coefficient (Wildman–Crippen LogP) is 2.38. The summed E-state index contributed by atoms with van der Waals surface area (Å²) in [5.74, 6) is 0.542. The average Bonchev–Trinajstić information content (AvgIpc) is 2.72. The summed E-state index contributed by atoms with van der Waals surface area (Å²) in [7, 11) is 0. The lowest BCUT2D eigenvalue weighted by atomic mass is 9.80. The molecule has 2 amide bonds. The molecule has 1 aromatic carbocycles. The molecular formula is C21H24ClFN4O3. The minimum Gasteiger partial charge on any atom is -0.394 e. The highest BCUT2D eigenvalue weighted by atomic mass is 35.5. The van der Waals surface area contributed by atoms with Gasteiger partial charge in [-0.15, -0.1) is 0 Å². The number of hydrogen-bond acceptors (Lipinski definition) is 5.